The maximum absolute atomic E-state index is 11.3. The summed E-state index contributed by atoms with van der Waals surface area (Å²) in [5, 5.41) is 0. The molecule has 1 saturated heterocycles. The van der Waals surface area contributed by atoms with Crippen LogP contribution >= 0.6 is 0 Å². The van der Waals surface area contributed by atoms with Crippen molar-refractivity contribution in [1.82, 2.24) is 14.5 Å². The number of rotatable bonds is 8. The fourth-order valence-electron chi connectivity index (χ4n) is 1.95. The molecule has 1 atom stereocenters. The van der Waals surface area contributed by atoms with Crippen LogP contribution in [0.5, 0.6) is 0 Å². The van der Waals surface area contributed by atoms with Gasteiger partial charge in [-0.15, -0.1) is 4.72 Å². The van der Waals surface area contributed by atoms with Gasteiger partial charge < -0.3 is 14.2 Å². The molecule has 1 aliphatic rings. The normalized spacial score (nSPS) is 20.6. The van der Waals surface area contributed by atoms with Gasteiger partial charge in [0.25, 0.3) is 0 Å². The zero-order chi connectivity index (χ0) is 12.5. The van der Waals surface area contributed by atoms with Crippen molar-refractivity contribution in [2.24, 2.45) is 0 Å². The van der Waals surface area contributed by atoms with E-state index in [1.165, 1.54) is 6.42 Å². The molecule has 0 aromatic rings. The van der Waals surface area contributed by atoms with Crippen molar-refractivity contribution >= 4 is 11.4 Å². The fourth-order valence-corrected chi connectivity index (χ4v) is 2.67. The molecule has 1 aliphatic heterocycles. The van der Waals surface area contributed by atoms with E-state index in [0.29, 0.717) is 5.88 Å². The lowest BCUT2D eigenvalue weighted by molar-refractivity contribution is 0.138. The topological polar surface area (TPSA) is 50.8 Å². The number of unbranched alkanes of at least 4 members (excludes halogenated alkanes) is 1. The Morgan fingerprint density at radius 1 is 1.18 bits per heavy atom. The van der Waals surface area contributed by atoms with Crippen LogP contribution in [0.25, 0.3) is 0 Å². The molecule has 6 heteroatoms. The molecule has 5 nitrogen and oxygen atoms in total. The van der Waals surface area contributed by atoms with Crippen molar-refractivity contribution in [2.75, 3.05) is 59.4 Å². The average Bonchev–Trinajstić information content (AvgIpc) is 2.36. The lowest BCUT2D eigenvalue weighted by Gasteiger charge is -2.34. The number of hydrogen-bond acceptors (Lipinski definition) is 5. The Bertz CT molecular complexity index is 190. The van der Waals surface area contributed by atoms with Crippen molar-refractivity contribution in [2.45, 2.75) is 12.8 Å². The fraction of sp³-hybridized carbons (Fsp3) is 1.00. The SMILES string of the molecule is CN[S+]([O-])CN1CCN(CCCCOC)CC1. The van der Waals surface area contributed by atoms with Gasteiger partial charge in [-0.05, 0) is 19.4 Å². The third-order valence-corrected chi connectivity index (χ3v) is 4.12. The van der Waals surface area contributed by atoms with Crippen LogP contribution < -0.4 is 4.72 Å². The molecule has 1 fully saturated rings. The van der Waals surface area contributed by atoms with E-state index >= 15 is 0 Å². The van der Waals surface area contributed by atoms with Crippen LogP contribution in [0.3, 0.4) is 0 Å². The summed E-state index contributed by atoms with van der Waals surface area (Å²) in [5.74, 6) is 0.647. The maximum Gasteiger partial charge on any atom is 0.179 e. The summed E-state index contributed by atoms with van der Waals surface area (Å²) in [4.78, 5) is 4.74. The lowest BCUT2D eigenvalue weighted by Crippen LogP contribution is -2.49. The minimum absolute atomic E-state index is 0.647. The molecule has 0 amide bonds. The molecule has 0 radical (unpaired) electrons. The largest absolute Gasteiger partial charge is 0.597 e. The second-order valence-corrected chi connectivity index (χ2v) is 5.70. The molecule has 1 rings (SSSR count). The van der Waals surface area contributed by atoms with Crippen LogP contribution in [-0.4, -0.2) is 73.7 Å². The average molecular weight is 263 g/mol. The van der Waals surface area contributed by atoms with Crippen LogP contribution in [0.2, 0.25) is 0 Å². The van der Waals surface area contributed by atoms with Gasteiger partial charge in [0.1, 0.15) is 0 Å². The molecule has 0 aromatic heterocycles. The smallest absolute Gasteiger partial charge is 0.179 e. The van der Waals surface area contributed by atoms with E-state index in [-0.39, 0.29) is 0 Å². The molecule has 1 unspecified atom stereocenters. The highest BCUT2D eigenvalue weighted by atomic mass is 32.2. The van der Waals surface area contributed by atoms with E-state index in [1.54, 1.807) is 14.2 Å². The monoisotopic (exact) mass is 263 g/mol. The maximum atomic E-state index is 11.3. The van der Waals surface area contributed by atoms with Crippen molar-refractivity contribution < 1.29 is 9.29 Å². The number of nitrogens with zero attached hydrogens (tertiary/aromatic N) is 2. The lowest BCUT2D eigenvalue weighted by atomic mass is 10.2. The van der Waals surface area contributed by atoms with Crippen LogP contribution in [0, 0.1) is 0 Å². The van der Waals surface area contributed by atoms with Crippen LogP contribution in [-0.2, 0) is 16.1 Å². The number of methoxy groups -OCH3 is 1. The minimum atomic E-state index is -0.903. The highest BCUT2D eigenvalue weighted by Gasteiger charge is 2.19. The van der Waals surface area contributed by atoms with Crippen molar-refractivity contribution in [3.05, 3.63) is 0 Å². The van der Waals surface area contributed by atoms with Crippen LogP contribution in [0.1, 0.15) is 12.8 Å². The van der Waals surface area contributed by atoms with Gasteiger partial charge in [0.2, 0.25) is 0 Å². The highest BCUT2D eigenvalue weighted by Crippen LogP contribution is 2.04. The predicted molar refractivity (Wildman–Crippen MR) is 71.2 cm³/mol. The summed E-state index contributed by atoms with van der Waals surface area (Å²) in [5.41, 5.74) is 0. The van der Waals surface area contributed by atoms with E-state index in [0.717, 1.165) is 45.8 Å². The Balaban J connectivity index is 2.05. The minimum Gasteiger partial charge on any atom is -0.597 e. The molecule has 0 saturated carbocycles. The van der Waals surface area contributed by atoms with Gasteiger partial charge in [-0.25, -0.2) is 0 Å². The molecule has 0 spiro atoms. The van der Waals surface area contributed by atoms with Gasteiger partial charge in [0.15, 0.2) is 5.88 Å². The zero-order valence-electron chi connectivity index (χ0n) is 11.0. The van der Waals surface area contributed by atoms with E-state index in [4.69, 9.17) is 4.74 Å². The van der Waals surface area contributed by atoms with Gasteiger partial charge in [-0.1, -0.05) is 0 Å². The molecular formula is C11H25N3O2S. The first-order valence-corrected chi connectivity index (χ1v) is 7.57. The number of piperazine rings is 1. The highest BCUT2D eigenvalue weighted by molar-refractivity contribution is 7.89. The predicted octanol–water partition coefficient (Wildman–Crippen LogP) is -0.129. The Kier molecular flexibility index (Phi) is 8.17. The van der Waals surface area contributed by atoms with Crippen molar-refractivity contribution in [1.29, 1.82) is 0 Å². The van der Waals surface area contributed by atoms with Gasteiger partial charge in [-0.3, -0.25) is 4.90 Å². The molecular weight excluding hydrogens is 238 g/mol. The molecule has 1 heterocycles. The van der Waals surface area contributed by atoms with Gasteiger partial charge in [-0.2, -0.15) is 0 Å². The first-order valence-electron chi connectivity index (χ1n) is 6.25. The van der Waals surface area contributed by atoms with E-state index in [9.17, 15) is 4.55 Å². The second-order valence-electron chi connectivity index (χ2n) is 4.34. The summed E-state index contributed by atoms with van der Waals surface area (Å²) >= 11 is -0.903. The van der Waals surface area contributed by atoms with Crippen LogP contribution in [0.15, 0.2) is 0 Å². The summed E-state index contributed by atoms with van der Waals surface area (Å²) < 4.78 is 19.1. The van der Waals surface area contributed by atoms with E-state index in [1.807, 2.05) is 0 Å². The quantitative estimate of drug-likeness (QED) is 0.488. The Morgan fingerprint density at radius 3 is 2.41 bits per heavy atom. The molecule has 0 bridgehead atoms. The Morgan fingerprint density at radius 2 is 1.82 bits per heavy atom. The van der Waals surface area contributed by atoms with Crippen molar-refractivity contribution in [3.63, 3.8) is 0 Å². The first kappa shape index (κ1) is 15.2. The Hall–Kier alpha value is 0.150. The molecule has 0 aromatic carbocycles. The Labute approximate surface area is 108 Å². The van der Waals surface area contributed by atoms with Gasteiger partial charge in [0.05, 0.1) is 11.4 Å². The third-order valence-electron chi connectivity index (χ3n) is 3.07. The molecule has 0 aliphatic carbocycles. The third kappa shape index (κ3) is 6.59. The summed E-state index contributed by atoms with van der Waals surface area (Å²) in [6.45, 7) is 6.25. The van der Waals surface area contributed by atoms with E-state index < -0.39 is 11.4 Å². The zero-order valence-corrected chi connectivity index (χ0v) is 11.8. The number of hydrogen-bond donors (Lipinski definition) is 1. The van der Waals surface area contributed by atoms with E-state index in [2.05, 4.69) is 14.5 Å². The number of ether oxygens (including phenoxy) is 1. The molecule has 102 valence electrons. The number of nitrogens with one attached hydrogen (secondary N) is 1. The van der Waals surface area contributed by atoms with Crippen LogP contribution in [0.4, 0.5) is 0 Å². The summed E-state index contributed by atoms with van der Waals surface area (Å²) in [6.07, 6.45) is 2.34. The van der Waals surface area contributed by atoms with Crippen molar-refractivity contribution in [3.8, 4) is 0 Å². The standard InChI is InChI=1S/C11H25N3O2S/c1-12-17(15)11-14-8-6-13(7-9-14)5-3-4-10-16-2/h12H,3-11H2,1-2H3. The first-order chi connectivity index (χ1) is 8.26. The molecule has 17 heavy (non-hydrogen) atoms. The summed E-state index contributed by atoms with van der Waals surface area (Å²) in [7, 11) is 3.49. The van der Waals surface area contributed by atoms with Gasteiger partial charge >= 0.3 is 0 Å². The molecule has 1 N–H and O–H groups in total. The van der Waals surface area contributed by atoms with Gasteiger partial charge in [0, 0.05) is 46.9 Å². The second kappa shape index (κ2) is 9.13. The summed E-state index contributed by atoms with van der Waals surface area (Å²) in [6, 6.07) is 0.